The second-order valence-electron chi connectivity index (χ2n) is 16.1. The molecule has 0 heterocycles. The molecule has 0 aliphatic heterocycles. The van der Waals surface area contributed by atoms with Crippen molar-refractivity contribution in [2.75, 3.05) is 83.3 Å². The van der Waals surface area contributed by atoms with Gasteiger partial charge in [-0.05, 0) is 74.2 Å². The van der Waals surface area contributed by atoms with E-state index in [1.165, 1.54) is 56.9 Å². The Labute approximate surface area is 417 Å². The fourth-order valence-electron chi connectivity index (χ4n) is 9.69. The van der Waals surface area contributed by atoms with Gasteiger partial charge < -0.3 is 77.3 Å². The molecule has 4 aromatic carbocycles. The highest BCUT2D eigenvalue weighted by Gasteiger charge is 2.44. The molecule has 392 valence electrons. The zero-order valence-corrected chi connectivity index (χ0v) is 42.6. The molecule has 72 heavy (non-hydrogen) atoms. The van der Waals surface area contributed by atoms with Crippen molar-refractivity contribution in [2.45, 2.75) is 77.0 Å². The molecule has 2 aliphatic rings. The number of phenolic OH excluding ortho intramolecular Hbond substituents is 4. The van der Waals surface area contributed by atoms with Gasteiger partial charge in [0.25, 0.3) is 0 Å². The fourth-order valence-corrected chi connectivity index (χ4v) is 9.69. The lowest BCUT2D eigenvalue weighted by Gasteiger charge is -2.36. The summed E-state index contributed by atoms with van der Waals surface area (Å²) in [4.78, 5) is 50.9. The maximum absolute atomic E-state index is 12.7. The van der Waals surface area contributed by atoms with Crippen LogP contribution in [-0.4, -0.2) is 128 Å². The molecule has 0 unspecified atom stereocenters. The van der Waals surface area contributed by atoms with Gasteiger partial charge in [0, 0.05) is 45.9 Å². The first-order chi connectivity index (χ1) is 34.5. The highest BCUT2D eigenvalue weighted by Crippen LogP contribution is 2.61. The predicted molar refractivity (Wildman–Crippen MR) is 257 cm³/mol. The second kappa shape index (κ2) is 24.5. The van der Waals surface area contributed by atoms with Crippen LogP contribution in [0.15, 0.2) is 24.3 Å². The number of benzene rings is 4. The molecule has 0 aromatic heterocycles. The summed E-state index contributed by atoms with van der Waals surface area (Å²) in [5, 5.41) is 43.6. The van der Waals surface area contributed by atoms with E-state index in [-0.39, 0.29) is 121 Å². The number of rotatable bonds is 20. The van der Waals surface area contributed by atoms with Gasteiger partial charge in [0.05, 0.1) is 109 Å². The van der Waals surface area contributed by atoms with E-state index in [0.29, 0.717) is 44.5 Å². The molecule has 6 rings (SSSR count). The van der Waals surface area contributed by atoms with Crippen molar-refractivity contribution < 1.29 is 96.4 Å². The SMILES string of the molecule is CCOC(=O)C[C@@H]1c2cc(OC)c(O)c(OC)c2[C@@H](CC(=O)OCC)c2cc(OC)c(O)c(OC)c21.CCOC(=O)C[C@@H]1c2cc(OC)c(O)c(OC)c2[C@@H](CC(=O)OCC)c2cc(OC)c(O)c(OC)c21. The molecule has 20 nitrogen and oxygen atoms in total. The number of hydrogen-bond acceptors (Lipinski definition) is 20. The monoisotopic (exact) mass is 1010 g/mol. The number of aromatic hydroxyl groups is 4. The molecule has 4 aromatic rings. The van der Waals surface area contributed by atoms with E-state index in [4.69, 9.17) is 56.8 Å². The molecular weight excluding hydrogens is 945 g/mol. The van der Waals surface area contributed by atoms with E-state index in [0.717, 1.165) is 0 Å². The minimum Gasteiger partial charge on any atom is -0.502 e. The van der Waals surface area contributed by atoms with Crippen LogP contribution in [0.1, 0.15) is 122 Å². The van der Waals surface area contributed by atoms with Crippen molar-refractivity contribution in [1.29, 1.82) is 0 Å². The standard InChI is InChI=1S/2C26H32O10/c2*1-7-35-19(27)11-15-13-9-17(31-3)24(30)26(34-6)22(13)16(12-20(28)36-8-2)14-10-18(32-4)23(29)25(33-5)21(14)15/h2*9-10,15-16,29-30H,7-8,11-12H2,1-6H3/t2*15-,16+. The van der Waals surface area contributed by atoms with Gasteiger partial charge in [0.15, 0.2) is 46.0 Å². The molecule has 4 N–H and O–H groups in total. The molecule has 0 spiro atoms. The van der Waals surface area contributed by atoms with Gasteiger partial charge in [0.1, 0.15) is 0 Å². The summed E-state index contributed by atoms with van der Waals surface area (Å²) in [5.41, 5.74) is 4.17. The van der Waals surface area contributed by atoms with Crippen LogP contribution in [0.25, 0.3) is 0 Å². The first kappa shape index (κ1) is 55.3. The zero-order valence-electron chi connectivity index (χ0n) is 42.6. The van der Waals surface area contributed by atoms with Crippen molar-refractivity contribution in [3.8, 4) is 69.0 Å². The lowest BCUT2D eigenvalue weighted by molar-refractivity contribution is -0.144. The van der Waals surface area contributed by atoms with Crippen LogP contribution >= 0.6 is 0 Å². The fraction of sp³-hybridized carbons (Fsp3) is 0.462. The van der Waals surface area contributed by atoms with Crippen LogP contribution in [0, 0.1) is 0 Å². The highest BCUT2D eigenvalue weighted by atomic mass is 16.6. The number of carbonyl (C=O) groups is 4. The number of esters is 4. The van der Waals surface area contributed by atoms with Crippen molar-refractivity contribution >= 4 is 23.9 Å². The Bertz CT molecular complexity index is 2280. The number of hydrogen-bond donors (Lipinski definition) is 4. The Balaban J connectivity index is 0.000000267. The minimum absolute atomic E-state index is 0.101. The molecule has 0 bridgehead atoms. The topological polar surface area (TPSA) is 260 Å². The third kappa shape index (κ3) is 10.7. The number of fused-ring (bicyclic) bond motifs is 4. The van der Waals surface area contributed by atoms with Gasteiger partial charge in [-0.15, -0.1) is 0 Å². The summed E-state index contributed by atoms with van der Waals surface area (Å²) < 4.78 is 64.8. The Morgan fingerprint density at radius 3 is 0.667 bits per heavy atom. The number of ether oxygens (including phenoxy) is 12. The average Bonchev–Trinajstić information content (AvgIpc) is 3.35. The average molecular weight is 1010 g/mol. The van der Waals surface area contributed by atoms with Gasteiger partial charge in [-0.2, -0.15) is 0 Å². The minimum atomic E-state index is -0.692. The van der Waals surface area contributed by atoms with Crippen molar-refractivity contribution in [3.63, 3.8) is 0 Å². The van der Waals surface area contributed by atoms with E-state index >= 15 is 0 Å². The van der Waals surface area contributed by atoms with Crippen LogP contribution in [0.4, 0.5) is 0 Å². The quantitative estimate of drug-likeness (QED) is 0.0502. The third-order valence-corrected chi connectivity index (χ3v) is 12.5. The maximum Gasteiger partial charge on any atom is 0.306 e. The molecule has 4 atom stereocenters. The predicted octanol–water partition coefficient (Wildman–Crippen LogP) is 7.23. The van der Waals surface area contributed by atoms with Crippen LogP contribution in [0.2, 0.25) is 0 Å². The van der Waals surface area contributed by atoms with Gasteiger partial charge in [-0.1, -0.05) is 0 Å². The Morgan fingerprint density at radius 1 is 0.347 bits per heavy atom. The molecule has 2 aliphatic carbocycles. The normalized spacial score (nSPS) is 15.8. The molecule has 0 radical (unpaired) electrons. The van der Waals surface area contributed by atoms with Crippen LogP contribution < -0.4 is 37.9 Å². The summed E-state index contributed by atoms with van der Waals surface area (Å²) in [5.74, 6) is -4.79. The summed E-state index contributed by atoms with van der Waals surface area (Å²) in [6.45, 7) is 7.56. The highest BCUT2D eigenvalue weighted by molar-refractivity contribution is 5.81. The molecule has 20 heteroatoms. The lowest BCUT2D eigenvalue weighted by Crippen LogP contribution is -2.25. The Hall–Kier alpha value is -7.64. The van der Waals surface area contributed by atoms with Gasteiger partial charge in [-0.3, -0.25) is 19.2 Å². The lowest BCUT2D eigenvalue weighted by atomic mass is 9.69. The first-order valence-corrected chi connectivity index (χ1v) is 23.1. The third-order valence-electron chi connectivity index (χ3n) is 12.5. The van der Waals surface area contributed by atoms with Crippen LogP contribution in [0.3, 0.4) is 0 Å². The molecule has 0 saturated carbocycles. The van der Waals surface area contributed by atoms with Crippen LogP contribution in [0.5, 0.6) is 69.0 Å². The second-order valence-corrected chi connectivity index (χ2v) is 16.1. The Morgan fingerprint density at radius 2 is 0.528 bits per heavy atom. The van der Waals surface area contributed by atoms with Crippen molar-refractivity contribution in [1.82, 2.24) is 0 Å². The number of methoxy groups -OCH3 is 8. The van der Waals surface area contributed by atoms with E-state index in [1.54, 1.807) is 52.0 Å². The number of phenols is 4. The van der Waals surface area contributed by atoms with Crippen molar-refractivity contribution in [3.05, 3.63) is 68.8 Å². The van der Waals surface area contributed by atoms with E-state index in [1.807, 2.05) is 0 Å². The molecular formula is C52H64O20. The van der Waals surface area contributed by atoms with Gasteiger partial charge in [0.2, 0.25) is 23.0 Å². The maximum atomic E-state index is 12.7. The summed E-state index contributed by atoms with van der Waals surface area (Å²) in [6.07, 6.45) is -0.448. The molecule has 0 fully saturated rings. The van der Waals surface area contributed by atoms with Gasteiger partial charge in [-0.25, -0.2) is 0 Å². The van der Waals surface area contributed by atoms with Crippen LogP contribution in [-0.2, 0) is 38.1 Å². The van der Waals surface area contributed by atoms with Gasteiger partial charge >= 0.3 is 23.9 Å². The van der Waals surface area contributed by atoms with E-state index in [2.05, 4.69) is 0 Å². The number of carbonyl (C=O) groups excluding carboxylic acids is 4. The van der Waals surface area contributed by atoms with Crippen molar-refractivity contribution in [2.24, 2.45) is 0 Å². The first-order valence-electron chi connectivity index (χ1n) is 23.1. The largest absolute Gasteiger partial charge is 0.502 e. The summed E-state index contributed by atoms with van der Waals surface area (Å²) in [7, 11) is 11.1. The van der Waals surface area contributed by atoms with E-state index in [9.17, 15) is 39.6 Å². The molecule has 0 amide bonds. The summed E-state index contributed by atoms with van der Waals surface area (Å²) in [6, 6.07) is 6.38. The van der Waals surface area contributed by atoms with E-state index < -0.39 is 47.5 Å². The molecule has 0 saturated heterocycles. The smallest absolute Gasteiger partial charge is 0.306 e. The zero-order chi connectivity index (χ0) is 53.1. The Kier molecular flexibility index (Phi) is 18.8. The summed E-state index contributed by atoms with van der Waals surface area (Å²) >= 11 is 0.